The first-order valence-electron chi connectivity index (χ1n) is 6.55. The van der Waals surface area contributed by atoms with Crippen molar-refractivity contribution in [3.63, 3.8) is 0 Å². The maximum Gasteiger partial charge on any atom is 0.328 e. The van der Waals surface area contributed by atoms with Crippen molar-refractivity contribution < 1.29 is 19.2 Å². The van der Waals surface area contributed by atoms with Gasteiger partial charge in [0.05, 0.1) is 12.6 Å². The largest absolute Gasteiger partial charge is 0.467 e. The van der Waals surface area contributed by atoms with Crippen LogP contribution >= 0.6 is 0 Å². The van der Waals surface area contributed by atoms with Crippen molar-refractivity contribution in [3.8, 4) is 0 Å². The van der Waals surface area contributed by atoms with Crippen molar-refractivity contribution >= 4 is 22.8 Å². The molecule has 1 amide bonds. The van der Waals surface area contributed by atoms with Crippen molar-refractivity contribution in [2.45, 2.75) is 19.4 Å². The number of benzene rings is 1. The second-order valence-electron chi connectivity index (χ2n) is 4.66. The average molecular weight is 290 g/mol. The van der Waals surface area contributed by atoms with E-state index in [4.69, 9.17) is 9.57 Å². The fourth-order valence-electron chi connectivity index (χ4n) is 2.33. The number of hydrogen-bond donors (Lipinski definition) is 1. The van der Waals surface area contributed by atoms with E-state index in [2.05, 4.69) is 5.32 Å². The molecule has 6 nitrogen and oxygen atoms in total. The molecule has 0 fully saturated rings. The third-order valence-corrected chi connectivity index (χ3v) is 3.24. The molecule has 0 radical (unpaired) electrons. The zero-order valence-corrected chi connectivity index (χ0v) is 12.3. The lowest BCUT2D eigenvalue weighted by Crippen LogP contribution is -2.41. The van der Waals surface area contributed by atoms with Gasteiger partial charge in [0, 0.05) is 24.9 Å². The van der Waals surface area contributed by atoms with E-state index in [9.17, 15) is 9.59 Å². The molecular formula is C15H18N2O4. The van der Waals surface area contributed by atoms with Gasteiger partial charge in [-0.15, -0.1) is 0 Å². The lowest BCUT2D eigenvalue weighted by atomic mass is 10.1. The van der Waals surface area contributed by atoms with E-state index in [0.29, 0.717) is 6.42 Å². The van der Waals surface area contributed by atoms with Gasteiger partial charge < -0.3 is 14.9 Å². The van der Waals surface area contributed by atoms with Gasteiger partial charge in [-0.3, -0.25) is 4.79 Å². The van der Waals surface area contributed by atoms with Crippen LogP contribution in [0.25, 0.3) is 10.9 Å². The van der Waals surface area contributed by atoms with E-state index in [1.165, 1.54) is 14.0 Å². The molecule has 0 spiro atoms. The van der Waals surface area contributed by atoms with Gasteiger partial charge in [-0.2, -0.15) is 4.73 Å². The highest BCUT2D eigenvalue weighted by molar-refractivity contribution is 5.87. The van der Waals surface area contributed by atoms with Crippen molar-refractivity contribution in [2.24, 2.45) is 0 Å². The Morgan fingerprint density at radius 3 is 2.62 bits per heavy atom. The Kier molecular flexibility index (Phi) is 4.47. The zero-order chi connectivity index (χ0) is 15.4. The summed E-state index contributed by atoms with van der Waals surface area (Å²) in [5, 5.41) is 3.58. The number of carbonyl (C=O) groups excluding carboxylic acids is 2. The molecule has 2 aromatic rings. The number of nitrogens with one attached hydrogen (secondary N) is 1. The van der Waals surface area contributed by atoms with Gasteiger partial charge in [0.2, 0.25) is 5.91 Å². The fourth-order valence-corrected chi connectivity index (χ4v) is 2.33. The Bertz CT molecular complexity index is 663. The number of carbonyl (C=O) groups is 2. The summed E-state index contributed by atoms with van der Waals surface area (Å²) in [5.41, 5.74) is 1.80. The molecule has 1 aromatic heterocycles. The molecule has 0 aliphatic rings. The molecule has 1 N–H and O–H groups in total. The highest BCUT2D eigenvalue weighted by atomic mass is 16.6. The lowest BCUT2D eigenvalue weighted by molar-refractivity contribution is -0.144. The Hall–Kier alpha value is -2.50. The minimum Gasteiger partial charge on any atom is -0.467 e. The minimum absolute atomic E-state index is 0.277. The van der Waals surface area contributed by atoms with Crippen molar-refractivity contribution in [3.05, 3.63) is 36.0 Å². The van der Waals surface area contributed by atoms with Crippen LogP contribution in [-0.2, 0) is 20.7 Å². The van der Waals surface area contributed by atoms with E-state index < -0.39 is 12.0 Å². The van der Waals surface area contributed by atoms with Crippen molar-refractivity contribution in [1.82, 2.24) is 10.0 Å². The van der Waals surface area contributed by atoms with E-state index in [-0.39, 0.29) is 5.91 Å². The molecule has 2 rings (SSSR count). The van der Waals surface area contributed by atoms with Gasteiger partial charge in [-0.05, 0) is 11.6 Å². The molecular weight excluding hydrogens is 272 g/mol. The number of rotatable bonds is 5. The van der Waals surface area contributed by atoms with E-state index in [0.717, 1.165) is 16.5 Å². The highest BCUT2D eigenvalue weighted by Crippen LogP contribution is 2.21. The number of fused-ring (bicyclic) bond motifs is 1. The maximum absolute atomic E-state index is 11.8. The number of methoxy groups -OCH3 is 1. The summed E-state index contributed by atoms with van der Waals surface area (Å²) < 4.78 is 6.37. The smallest absolute Gasteiger partial charge is 0.328 e. The summed E-state index contributed by atoms with van der Waals surface area (Å²) in [5.74, 6) is -0.750. The van der Waals surface area contributed by atoms with Gasteiger partial charge in [-0.1, -0.05) is 18.2 Å². The maximum atomic E-state index is 11.8. The second kappa shape index (κ2) is 6.30. The topological polar surface area (TPSA) is 69.6 Å². The average Bonchev–Trinajstić information content (AvgIpc) is 2.83. The van der Waals surface area contributed by atoms with Crippen molar-refractivity contribution in [1.29, 1.82) is 0 Å². The molecule has 0 saturated carbocycles. The predicted octanol–water partition coefficient (Wildman–Crippen LogP) is 0.920. The molecule has 0 saturated heterocycles. The normalized spacial score (nSPS) is 12.0. The first-order chi connectivity index (χ1) is 10.1. The van der Waals surface area contributed by atoms with Crippen LogP contribution in [0.2, 0.25) is 0 Å². The SMILES string of the molecule is COC(=O)[C@H](Cc1cn(OC)c2ccccc12)NC(C)=O. The highest BCUT2D eigenvalue weighted by Gasteiger charge is 2.22. The number of esters is 1. The van der Waals surface area contributed by atoms with Crippen LogP contribution in [0, 0.1) is 0 Å². The second-order valence-corrected chi connectivity index (χ2v) is 4.66. The number of para-hydroxylation sites is 1. The quantitative estimate of drug-likeness (QED) is 0.831. The molecule has 6 heteroatoms. The summed E-state index contributed by atoms with van der Waals surface area (Å²) in [6, 6.07) is 6.98. The van der Waals surface area contributed by atoms with Gasteiger partial charge in [0.15, 0.2) is 0 Å². The molecule has 1 aromatic carbocycles. The Morgan fingerprint density at radius 1 is 1.29 bits per heavy atom. The summed E-state index contributed by atoms with van der Waals surface area (Å²) in [4.78, 5) is 28.3. The van der Waals surface area contributed by atoms with E-state index in [1.54, 1.807) is 11.8 Å². The van der Waals surface area contributed by atoms with Crippen LogP contribution < -0.4 is 10.2 Å². The van der Waals surface area contributed by atoms with Gasteiger partial charge in [0.25, 0.3) is 0 Å². The number of nitrogens with zero attached hydrogens (tertiary/aromatic N) is 1. The number of hydrogen-bond acceptors (Lipinski definition) is 4. The Morgan fingerprint density at radius 2 is 2.00 bits per heavy atom. The standard InChI is InChI=1S/C15H18N2O4/c1-10(18)16-13(15(19)20-2)8-11-9-17(21-3)14-7-5-4-6-12(11)14/h4-7,9,13H,8H2,1-3H3,(H,16,18)/t13-/m0/s1. The number of ether oxygens (including phenoxy) is 1. The summed E-state index contributed by atoms with van der Waals surface area (Å²) in [7, 11) is 2.87. The lowest BCUT2D eigenvalue weighted by Gasteiger charge is -2.14. The third kappa shape index (κ3) is 3.16. The van der Waals surface area contributed by atoms with Crippen LogP contribution in [0.3, 0.4) is 0 Å². The van der Waals surface area contributed by atoms with E-state index >= 15 is 0 Å². The molecule has 0 bridgehead atoms. The summed E-state index contributed by atoms with van der Waals surface area (Å²) >= 11 is 0. The summed E-state index contributed by atoms with van der Waals surface area (Å²) in [6.07, 6.45) is 2.14. The Balaban J connectivity index is 2.36. The number of amides is 1. The Labute approximate surface area is 122 Å². The first kappa shape index (κ1) is 14.9. The van der Waals surface area contributed by atoms with Crippen LogP contribution in [0.1, 0.15) is 12.5 Å². The molecule has 21 heavy (non-hydrogen) atoms. The number of aromatic nitrogens is 1. The molecule has 0 aliphatic carbocycles. The molecule has 112 valence electrons. The molecule has 0 aliphatic heterocycles. The van der Waals surface area contributed by atoms with Gasteiger partial charge in [-0.25, -0.2) is 4.79 Å². The fraction of sp³-hybridized carbons (Fsp3) is 0.333. The molecule has 1 atom stereocenters. The predicted molar refractivity (Wildman–Crippen MR) is 77.8 cm³/mol. The van der Waals surface area contributed by atoms with Crippen LogP contribution in [0.5, 0.6) is 0 Å². The minimum atomic E-state index is -0.719. The monoisotopic (exact) mass is 290 g/mol. The van der Waals surface area contributed by atoms with Gasteiger partial charge >= 0.3 is 5.97 Å². The van der Waals surface area contributed by atoms with Crippen LogP contribution in [0.15, 0.2) is 30.5 Å². The molecule has 0 unspecified atom stereocenters. The van der Waals surface area contributed by atoms with Crippen LogP contribution in [0.4, 0.5) is 0 Å². The van der Waals surface area contributed by atoms with Crippen molar-refractivity contribution in [2.75, 3.05) is 14.2 Å². The molecule has 1 heterocycles. The summed E-state index contributed by atoms with van der Waals surface area (Å²) in [6.45, 7) is 1.37. The third-order valence-electron chi connectivity index (χ3n) is 3.24. The first-order valence-corrected chi connectivity index (χ1v) is 6.55. The van der Waals surface area contributed by atoms with Gasteiger partial charge in [0.1, 0.15) is 13.2 Å². The van der Waals surface area contributed by atoms with E-state index in [1.807, 2.05) is 30.5 Å². The zero-order valence-electron chi connectivity index (χ0n) is 12.3. The van der Waals surface area contributed by atoms with Crippen LogP contribution in [-0.4, -0.2) is 36.9 Å².